The van der Waals surface area contributed by atoms with Crippen LogP contribution in [0, 0.1) is 0 Å². The monoisotopic (exact) mass is 938 g/mol. The summed E-state index contributed by atoms with van der Waals surface area (Å²) in [5.41, 5.74) is 4.86. The number of fused-ring (bicyclic) bond motifs is 8. The summed E-state index contributed by atoms with van der Waals surface area (Å²) in [6.45, 7) is 8.00. The molecule has 354 valence electrons. The van der Waals surface area contributed by atoms with Gasteiger partial charge >= 0.3 is 11.9 Å². The zero-order valence-electron chi connectivity index (χ0n) is 38.2. The highest BCUT2D eigenvalue weighted by Crippen LogP contribution is 2.42. The molecular weight excluding hydrogens is 893 g/mol. The van der Waals surface area contributed by atoms with E-state index >= 15 is 0 Å². The lowest BCUT2D eigenvalue weighted by molar-refractivity contribution is 0.0483. The van der Waals surface area contributed by atoms with Crippen LogP contribution in [0.3, 0.4) is 0 Å². The summed E-state index contributed by atoms with van der Waals surface area (Å²) in [4.78, 5) is 60.0. The quantitative estimate of drug-likeness (QED) is 0.215. The zero-order chi connectivity index (χ0) is 47.3. The number of ether oxygens (including phenoxy) is 6. The molecule has 4 aliphatic heterocycles. The standard InChI is InChI=1S/C23H24N8O4.C22H22N8O4/c1-13-10-34-11-14-12-35-19-17(8-30-9-18(27-28-30)23(32)33-3)25-20(26-22(19)31(13)14)15-4-6-24-21-16(15)5-7-29(21)2;1-12-9-33-10-13-11-34-18-16(7-29-8-17(27-28-29)22(31)32-2)25-20(26-21(18)30(12)13)15-4-6-24-19-14(15)3-5-23-19/h4-7,9,13-14H,8,10-12H2,1-3H3;3-6,8,12-13H,7,9-11H2,1-2H3,(H,23,24)/t13-,14+;12-,13+/m11/s1. The molecule has 0 saturated carbocycles. The first-order chi connectivity index (χ1) is 33.6. The number of anilines is 2. The summed E-state index contributed by atoms with van der Waals surface area (Å²) in [5, 5.41) is 17.8. The van der Waals surface area contributed by atoms with E-state index in [-0.39, 0.29) is 48.6 Å². The van der Waals surface area contributed by atoms with Gasteiger partial charge in [-0.05, 0) is 38.1 Å². The molecule has 1 N–H and O–H groups in total. The van der Waals surface area contributed by atoms with E-state index in [1.165, 1.54) is 31.3 Å². The number of nitrogens with one attached hydrogen (secondary N) is 1. The van der Waals surface area contributed by atoms with Crippen LogP contribution in [0.25, 0.3) is 44.8 Å². The number of esters is 2. The van der Waals surface area contributed by atoms with Gasteiger partial charge in [0.25, 0.3) is 0 Å². The molecule has 4 atom stereocenters. The molecule has 8 aromatic rings. The lowest BCUT2D eigenvalue weighted by Crippen LogP contribution is -2.56. The molecule has 0 aliphatic carbocycles. The van der Waals surface area contributed by atoms with Crippen LogP contribution in [-0.2, 0) is 39.1 Å². The van der Waals surface area contributed by atoms with Crippen molar-refractivity contribution in [2.75, 3.05) is 63.7 Å². The fourth-order valence-corrected chi connectivity index (χ4v) is 9.21. The van der Waals surface area contributed by atoms with Crippen LogP contribution >= 0.6 is 0 Å². The van der Waals surface area contributed by atoms with Gasteiger partial charge in [0.05, 0.1) is 90.3 Å². The van der Waals surface area contributed by atoms with Crippen LogP contribution in [0.4, 0.5) is 11.6 Å². The Morgan fingerprint density at radius 3 is 1.77 bits per heavy atom. The molecule has 0 amide bonds. The van der Waals surface area contributed by atoms with E-state index in [0.29, 0.717) is 74.2 Å². The minimum Gasteiger partial charge on any atom is -0.486 e. The van der Waals surface area contributed by atoms with Gasteiger partial charge in [-0.15, -0.1) is 10.2 Å². The van der Waals surface area contributed by atoms with Gasteiger partial charge in [-0.25, -0.2) is 48.9 Å². The maximum Gasteiger partial charge on any atom is 0.360 e. The summed E-state index contributed by atoms with van der Waals surface area (Å²) in [6, 6.07) is 8.16. The number of H-pyrrole nitrogens is 1. The van der Waals surface area contributed by atoms with Gasteiger partial charge < -0.3 is 47.8 Å². The molecule has 69 heavy (non-hydrogen) atoms. The summed E-state index contributed by atoms with van der Waals surface area (Å²) < 4.78 is 38.4. The van der Waals surface area contributed by atoms with Crippen LogP contribution in [0.2, 0.25) is 0 Å². The molecule has 0 bridgehead atoms. The van der Waals surface area contributed by atoms with E-state index in [2.05, 4.69) is 59.2 Å². The number of methoxy groups -OCH3 is 2. The first kappa shape index (κ1) is 43.5. The van der Waals surface area contributed by atoms with Crippen molar-refractivity contribution in [2.24, 2.45) is 7.05 Å². The van der Waals surface area contributed by atoms with Crippen molar-refractivity contribution in [1.29, 1.82) is 0 Å². The van der Waals surface area contributed by atoms with Crippen LogP contribution in [0.1, 0.15) is 46.2 Å². The molecule has 8 aromatic heterocycles. The van der Waals surface area contributed by atoms with Crippen molar-refractivity contribution in [3.63, 3.8) is 0 Å². The van der Waals surface area contributed by atoms with Crippen molar-refractivity contribution in [3.8, 4) is 34.3 Å². The Bertz CT molecular complexity index is 3240. The maximum atomic E-state index is 11.9. The summed E-state index contributed by atoms with van der Waals surface area (Å²) >= 11 is 0. The van der Waals surface area contributed by atoms with Gasteiger partial charge in [-0.3, -0.25) is 0 Å². The maximum absolute atomic E-state index is 11.9. The number of carbonyl (C=O) groups is 2. The third-order valence-corrected chi connectivity index (χ3v) is 12.4. The van der Waals surface area contributed by atoms with Crippen molar-refractivity contribution >= 4 is 45.6 Å². The minimum absolute atomic E-state index is 0.0633. The first-order valence-electron chi connectivity index (χ1n) is 22.2. The second-order valence-electron chi connectivity index (χ2n) is 17.0. The van der Waals surface area contributed by atoms with E-state index in [4.69, 9.17) is 48.4 Å². The molecule has 12 rings (SSSR count). The highest BCUT2D eigenvalue weighted by molar-refractivity contribution is 5.92. The molecule has 0 spiro atoms. The number of rotatable bonds is 8. The Hall–Kier alpha value is -8.12. The Balaban J connectivity index is 0.000000151. The van der Waals surface area contributed by atoms with Gasteiger partial charge in [0.15, 0.2) is 46.2 Å². The molecular formula is C45H46N16O8. The number of hydrogen-bond donors (Lipinski definition) is 1. The normalized spacial score (nSPS) is 19.3. The summed E-state index contributed by atoms with van der Waals surface area (Å²) in [6.07, 6.45) is 10.4. The fourth-order valence-electron chi connectivity index (χ4n) is 9.21. The lowest BCUT2D eigenvalue weighted by Gasteiger charge is -2.44. The van der Waals surface area contributed by atoms with Gasteiger partial charge in [-0.2, -0.15) is 0 Å². The Morgan fingerprint density at radius 2 is 1.22 bits per heavy atom. The molecule has 0 radical (unpaired) electrons. The van der Waals surface area contributed by atoms with Crippen molar-refractivity contribution in [1.82, 2.24) is 69.4 Å². The Morgan fingerprint density at radius 1 is 0.681 bits per heavy atom. The van der Waals surface area contributed by atoms with Crippen molar-refractivity contribution in [3.05, 3.63) is 84.2 Å². The van der Waals surface area contributed by atoms with E-state index in [1.807, 2.05) is 48.3 Å². The minimum atomic E-state index is -0.551. The number of morpholine rings is 2. The SMILES string of the molecule is COC(=O)c1cn(Cc2nc(-c3ccnc4[nH]ccc34)nc3c2OC[C@@H]2COC[C@@H](C)N32)nn1.COC(=O)c1cn(Cc2nc(-c3ccnc4c3ccn4C)nc3c2OC[C@@H]2COC[C@@H](C)N32)nn1. The molecule has 0 unspecified atom stereocenters. The fraction of sp³-hybridized carbons (Fsp3) is 0.378. The predicted molar refractivity (Wildman–Crippen MR) is 244 cm³/mol. The third-order valence-electron chi connectivity index (χ3n) is 12.4. The number of aromatic amines is 1. The van der Waals surface area contributed by atoms with Gasteiger partial charge in [0.1, 0.15) is 35.9 Å². The largest absolute Gasteiger partial charge is 0.486 e. The van der Waals surface area contributed by atoms with E-state index in [1.54, 1.807) is 17.1 Å². The average Bonchev–Trinajstić information content (AvgIpc) is 4.22. The van der Waals surface area contributed by atoms with Gasteiger partial charge in [-0.1, -0.05) is 10.4 Å². The van der Waals surface area contributed by atoms with E-state index < -0.39 is 11.9 Å². The molecule has 4 aliphatic rings. The second-order valence-corrected chi connectivity index (χ2v) is 17.0. The molecule has 24 heteroatoms. The average molecular weight is 939 g/mol. The number of carbonyl (C=O) groups excluding carboxylic acids is 2. The number of hydrogen-bond acceptors (Lipinski definition) is 20. The topological polar surface area (TPSA) is 255 Å². The van der Waals surface area contributed by atoms with Crippen molar-refractivity contribution in [2.45, 2.75) is 51.1 Å². The molecule has 2 saturated heterocycles. The van der Waals surface area contributed by atoms with Gasteiger partial charge in [0.2, 0.25) is 0 Å². The van der Waals surface area contributed by atoms with E-state index in [0.717, 1.165) is 44.8 Å². The predicted octanol–water partition coefficient (Wildman–Crippen LogP) is 2.88. The van der Waals surface area contributed by atoms with Crippen LogP contribution in [-0.4, -0.2) is 159 Å². The van der Waals surface area contributed by atoms with Crippen LogP contribution in [0.5, 0.6) is 11.5 Å². The van der Waals surface area contributed by atoms with Crippen LogP contribution < -0.4 is 19.3 Å². The molecule has 0 aromatic carbocycles. The smallest absolute Gasteiger partial charge is 0.360 e. The summed E-state index contributed by atoms with van der Waals surface area (Å²) in [7, 11) is 4.57. The summed E-state index contributed by atoms with van der Waals surface area (Å²) in [5.74, 6) is 2.67. The number of nitrogens with zero attached hydrogens (tertiary/aromatic N) is 15. The Labute approximate surface area is 392 Å². The lowest BCUT2D eigenvalue weighted by atomic mass is 10.1. The highest BCUT2D eigenvalue weighted by atomic mass is 16.5. The first-order valence-corrected chi connectivity index (χ1v) is 22.2. The van der Waals surface area contributed by atoms with E-state index in [9.17, 15) is 9.59 Å². The number of pyridine rings is 2. The second kappa shape index (κ2) is 17.8. The van der Waals surface area contributed by atoms with Gasteiger partial charge in [0, 0.05) is 53.7 Å². The Kier molecular flexibility index (Phi) is 11.2. The number of aryl methyl sites for hydroxylation is 1. The third kappa shape index (κ3) is 7.95. The molecule has 24 nitrogen and oxygen atoms in total. The molecule has 2 fully saturated rings. The van der Waals surface area contributed by atoms with Crippen LogP contribution in [0.15, 0.2) is 61.4 Å². The highest BCUT2D eigenvalue weighted by Gasteiger charge is 2.40. The van der Waals surface area contributed by atoms with Crippen molar-refractivity contribution < 1.29 is 38.0 Å². The molecule has 12 heterocycles. The number of aromatic nitrogens is 14. The zero-order valence-corrected chi connectivity index (χ0v) is 38.2.